The van der Waals surface area contributed by atoms with Gasteiger partial charge < -0.3 is 11.1 Å². The number of amides is 2. The molecule has 1 atom stereocenters. The van der Waals surface area contributed by atoms with E-state index < -0.39 is 17.8 Å². The molecule has 0 saturated heterocycles. The van der Waals surface area contributed by atoms with Gasteiger partial charge in [-0.15, -0.1) is 0 Å². The van der Waals surface area contributed by atoms with Gasteiger partial charge in [0.1, 0.15) is 11.9 Å². The van der Waals surface area contributed by atoms with Crippen molar-refractivity contribution in [2.75, 3.05) is 0 Å². The van der Waals surface area contributed by atoms with E-state index in [1.54, 1.807) is 32.0 Å². The number of carbonyl (C=O) groups is 2. The number of carbonyl (C=O) groups excluding carboxylic acids is 2. The van der Waals surface area contributed by atoms with Crippen molar-refractivity contribution >= 4 is 11.8 Å². The van der Waals surface area contributed by atoms with Crippen LogP contribution in [0.25, 0.3) is 0 Å². The van der Waals surface area contributed by atoms with Crippen molar-refractivity contribution in [3.05, 3.63) is 35.6 Å². The molecule has 0 aliphatic heterocycles. The third-order valence-corrected chi connectivity index (χ3v) is 2.57. The van der Waals surface area contributed by atoms with Gasteiger partial charge in [0.15, 0.2) is 0 Å². The molecule has 0 spiro atoms. The number of primary amides is 1. The first kappa shape index (κ1) is 14.2. The average Bonchev–Trinajstić information content (AvgIpc) is 2.30. The van der Waals surface area contributed by atoms with Gasteiger partial charge in [-0.2, -0.15) is 0 Å². The van der Waals surface area contributed by atoms with Gasteiger partial charge in [-0.1, -0.05) is 32.0 Å². The molecule has 2 amide bonds. The highest BCUT2D eigenvalue weighted by Gasteiger charge is 2.21. The van der Waals surface area contributed by atoms with Crippen LogP contribution >= 0.6 is 0 Å². The summed E-state index contributed by atoms with van der Waals surface area (Å²) in [6.45, 7) is 3.41. The summed E-state index contributed by atoms with van der Waals surface area (Å²) in [6.07, 6.45) is 0.0560. The van der Waals surface area contributed by atoms with Gasteiger partial charge in [-0.25, -0.2) is 4.39 Å². The molecule has 1 aromatic carbocycles. The number of halogens is 1. The van der Waals surface area contributed by atoms with Crippen LogP contribution in [-0.4, -0.2) is 17.9 Å². The lowest BCUT2D eigenvalue weighted by Crippen LogP contribution is -2.47. The Balaban J connectivity index is 2.79. The number of nitrogens with two attached hydrogens (primary N) is 1. The summed E-state index contributed by atoms with van der Waals surface area (Å²) in [5.41, 5.74) is 5.56. The van der Waals surface area contributed by atoms with Crippen molar-refractivity contribution in [1.29, 1.82) is 0 Å². The van der Waals surface area contributed by atoms with Crippen LogP contribution in [0.15, 0.2) is 24.3 Å². The van der Waals surface area contributed by atoms with Gasteiger partial charge in [0.25, 0.3) is 0 Å². The Labute approximate surface area is 105 Å². The molecule has 1 rings (SSSR count). The molecule has 98 valence electrons. The molecule has 0 aliphatic rings. The lowest BCUT2D eigenvalue weighted by Gasteiger charge is -2.17. The van der Waals surface area contributed by atoms with E-state index in [2.05, 4.69) is 5.32 Å². The van der Waals surface area contributed by atoms with E-state index >= 15 is 0 Å². The van der Waals surface area contributed by atoms with Crippen LogP contribution in [0.1, 0.15) is 19.4 Å². The van der Waals surface area contributed by atoms with Crippen LogP contribution in [0.4, 0.5) is 4.39 Å². The number of hydrogen-bond donors (Lipinski definition) is 2. The van der Waals surface area contributed by atoms with Gasteiger partial charge in [-0.3, -0.25) is 9.59 Å². The third kappa shape index (κ3) is 3.84. The Bertz CT molecular complexity index is 446. The zero-order valence-electron chi connectivity index (χ0n) is 10.4. The maximum Gasteiger partial charge on any atom is 0.240 e. The second-order valence-corrected chi connectivity index (χ2v) is 4.41. The topological polar surface area (TPSA) is 72.2 Å². The Morgan fingerprint density at radius 1 is 1.33 bits per heavy atom. The molecule has 1 aromatic rings. The molecule has 0 saturated carbocycles. The van der Waals surface area contributed by atoms with Gasteiger partial charge >= 0.3 is 0 Å². The maximum atomic E-state index is 13.4. The number of nitrogens with one attached hydrogen (secondary N) is 1. The molecule has 0 bridgehead atoms. The fourth-order valence-electron chi connectivity index (χ4n) is 1.44. The lowest BCUT2D eigenvalue weighted by atomic mass is 10.0. The van der Waals surface area contributed by atoms with Gasteiger partial charge in [0, 0.05) is 12.3 Å². The van der Waals surface area contributed by atoms with Crippen molar-refractivity contribution in [3.63, 3.8) is 0 Å². The molecule has 0 radical (unpaired) electrons. The molecular formula is C13H17FN2O2. The largest absolute Gasteiger partial charge is 0.368 e. The fourth-order valence-corrected chi connectivity index (χ4v) is 1.44. The minimum Gasteiger partial charge on any atom is -0.368 e. The predicted molar refractivity (Wildman–Crippen MR) is 66.1 cm³/mol. The number of benzene rings is 1. The van der Waals surface area contributed by atoms with Crippen molar-refractivity contribution in [2.45, 2.75) is 26.3 Å². The zero-order chi connectivity index (χ0) is 13.7. The highest BCUT2D eigenvalue weighted by atomic mass is 19.1. The second-order valence-electron chi connectivity index (χ2n) is 4.41. The Hall–Kier alpha value is -1.91. The summed E-state index contributed by atoms with van der Waals surface area (Å²) < 4.78 is 13.4. The Morgan fingerprint density at radius 2 is 1.94 bits per heavy atom. The van der Waals surface area contributed by atoms with Crippen LogP contribution in [0.3, 0.4) is 0 Å². The first-order chi connectivity index (χ1) is 8.41. The van der Waals surface area contributed by atoms with Crippen molar-refractivity contribution in [2.24, 2.45) is 11.7 Å². The van der Waals surface area contributed by atoms with E-state index in [0.717, 1.165) is 0 Å². The lowest BCUT2D eigenvalue weighted by molar-refractivity contribution is -0.129. The van der Waals surface area contributed by atoms with Crippen LogP contribution in [0.2, 0.25) is 0 Å². The molecule has 5 heteroatoms. The van der Waals surface area contributed by atoms with Crippen LogP contribution in [0.5, 0.6) is 0 Å². The van der Waals surface area contributed by atoms with Gasteiger partial charge in [0.2, 0.25) is 11.8 Å². The standard InChI is InChI=1S/C13H17FN2O2/c1-8(2)13(18)16-11(12(15)17)7-9-5-3-4-6-10(9)14/h3-6,8,11H,7H2,1-2H3,(H2,15,17)(H,16,18)/t11-/m0/s1. The zero-order valence-corrected chi connectivity index (χ0v) is 10.4. The molecule has 0 unspecified atom stereocenters. The summed E-state index contributed by atoms with van der Waals surface area (Å²) in [6, 6.07) is 5.20. The van der Waals surface area contributed by atoms with Crippen LogP contribution in [0, 0.1) is 11.7 Å². The molecular weight excluding hydrogens is 235 g/mol. The summed E-state index contributed by atoms with van der Waals surface area (Å²) >= 11 is 0. The molecule has 0 heterocycles. The van der Waals surface area contributed by atoms with E-state index in [-0.39, 0.29) is 18.2 Å². The average molecular weight is 252 g/mol. The van der Waals surface area contributed by atoms with Crippen molar-refractivity contribution in [3.8, 4) is 0 Å². The van der Waals surface area contributed by atoms with Crippen LogP contribution in [-0.2, 0) is 16.0 Å². The smallest absolute Gasteiger partial charge is 0.240 e. The Kier molecular flexibility index (Phi) is 4.83. The predicted octanol–water partition coefficient (Wildman–Crippen LogP) is 0.994. The normalized spacial score (nSPS) is 12.2. The summed E-state index contributed by atoms with van der Waals surface area (Å²) in [5, 5.41) is 2.51. The summed E-state index contributed by atoms with van der Waals surface area (Å²) in [7, 11) is 0. The molecule has 0 fully saturated rings. The monoisotopic (exact) mass is 252 g/mol. The molecule has 0 aromatic heterocycles. The fraction of sp³-hybridized carbons (Fsp3) is 0.385. The van der Waals surface area contributed by atoms with Crippen LogP contribution < -0.4 is 11.1 Å². The minimum atomic E-state index is -0.892. The second kappa shape index (κ2) is 6.14. The SMILES string of the molecule is CC(C)C(=O)N[C@@H](Cc1ccccc1F)C(N)=O. The van der Waals surface area contributed by atoms with Gasteiger partial charge in [-0.05, 0) is 11.6 Å². The highest BCUT2D eigenvalue weighted by molar-refractivity contribution is 5.87. The summed E-state index contributed by atoms with van der Waals surface area (Å²) in [4.78, 5) is 22.8. The molecule has 18 heavy (non-hydrogen) atoms. The first-order valence-electron chi connectivity index (χ1n) is 5.75. The quantitative estimate of drug-likeness (QED) is 0.820. The van der Waals surface area contributed by atoms with E-state index in [0.29, 0.717) is 5.56 Å². The molecule has 3 N–H and O–H groups in total. The van der Waals surface area contributed by atoms with E-state index in [4.69, 9.17) is 5.73 Å². The number of rotatable bonds is 5. The number of hydrogen-bond acceptors (Lipinski definition) is 2. The maximum absolute atomic E-state index is 13.4. The summed E-state index contributed by atoms with van der Waals surface area (Å²) in [5.74, 6) is -1.63. The minimum absolute atomic E-state index is 0.0560. The van der Waals surface area contributed by atoms with Gasteiger partial charge in [0.05, 0.1) is 0 Å². The van der Waals surface area contributed by atoms with Crippen molar-refractivity contribution in [1.82, 2.24) is 5.32 Å². The third-order valence-electron chi connectivity index (χ3n) is 2.57. The molecule has 4 nitrogen and oxygen atoms in total. The highest BCUT2D eigenvalue weighted by Crippen LogP contribution is 2.09. The van der Waals surface area contributed by atoms with Crippen molar-refractivity contribution < 1.29 is 14.0 Å². The molecule has 0 aliphatic carbocycles. The van der Waals surface area contributed by atoms with E-state index in [1.165, 1.54) is 6.07 Å². The van der Waals surface area contributed by atoms with E-state index in [1.807, 2.05) is 0 Å². The van der Waals surface area contributed by atoms with E-state index in [9.17, 15) is 14.0 Å². The first-order valence-corrected chi connectivity index (χ1v) is 5.75. The Morgan fingerprint density at radius 3 is 2.44 bits per heavy atom.